The number of nitrogens with zero attached hydrogens (tertiary/aromatic N) is 1. The predicted molar refractivity (Wildman–Crippen MR) is 92.0 cm³/mol. The first kappa shape index (κ1) is 17.3. The number of hydrogen-bond donors (Lipinski definition) is 1. The highest BCUT2D eigenvalue weighted by Crippen LogP contribution is 2.25. The van der Waals surface area contributed by atoms with Crippen molar-refractivity contribution in [2.75, 3.05) is 0 Å². The van der Waals surface area contributed by atoms with Gasteiger partial charge in [-0.1, -0.05) is 32.0 Å². The molecule has 4 nitrogen and oxygen atoms in total. The molecule has 0 aliphatic carbocycles. The first-order valence-corrected chi connectivity index (χ1v) is 8.46. The van der Waals surface area contributed by atoms with E-state index in [4.69, 9.17) is 9.84 Å². The Morgan fingerprint density at radius 2 is 2.00 bits per heavy atom. The first-order valence-electron chi connectivity index (χ1n) is 7.58. The summed E-state index contributed by atoms with van der Waals surface area (Å²) >= 11 is 1.73. The third-order valence-electron chi connectivity index (χ3n) is 3.14. The highest BCUT2D eigenvalue weighted by atomic mass is 32.2. The summed E-state index contributed by atoms with van der Waals surface area (Å²) < 4.78 is 5.83. The lowest BCUT2D eigenvalue weighted by Crippen LogP contribution is -2.01. The van der Waals surface area contributed by atoms with E-state index in [0.717, 1.165) is 21.9 Å². The van der Waals surface area contributed by atoms with E-state index in [1.165, 1.54) is 0 Å². The minimum absolute atomic E-state index is 0.145. The van der Waals surface area contributed by atoms with Gasteiger partial charge in [-0.25, -0.2) is 4.98 Å². The van der Waals surface area contributed by atoms with Crippen LogP contribution in [0.25, 0.3) is 0 Å². The smallest absolute Gasteiger partial charge is 0.303 e. The van der Waals surface area contributed by atoms with E-state index in [-0.39, 0.29) is 6.42 Å². The van der Waals surface area contributed by atoms with Crippen molar-refractivity contribution in [2.24, 2.45) is 0 Å². The Hall–Kier alpha value is -2.01. The standard InChI is InChI=1S/C18H21NO3S/c1-13(2)23-18-15(4-3-11-19-18)12-22-16-8-5-14(6-9-16)7-10-17(20)21/h3-6,8-9,11,13H,7,10,12H2,1-2H3,(H,20,21). The number of hydrogen-bond acceptors (Lipinski definition) is 4. The minimum Gasteiger partial charge on any atom is -0.489 e. The van der Waals surface area contributed by atoms with E-state index in [1.54, 1.807) is 18.0 Å². The molecule has 1 N–H and O–H groups in total. The van der Waals surface area contributed by atoms with Crippen LogP contribution in [0.4, 0.5) is 0 Å². The number of ether oxygens (including phenoxy) is 1. The molecule has 5 heteroatoms. The van der Waals surface area contributed by atoms with Gasteiger partial charge in [0.25, 0.3) is 0 Å². The fourth-order valence-corrected chi connectivity index (χ4v) is 2.87. The molecule has 2 aromatic rings. The van der Waals surface area contributed by atoms with Gasteiger partial charge in [-0.2, -0.15) is 0 Å². The van der Waals surface area contributed by atoms with E-state index < -0.39 is 5.97 Å². The average molecular weight is 331 g/mol. The lowest BCUT2D eigenvalue weighted by atomic mass is 10.1. The first-order chi connectivity index (χ1) is 11.0. The van der Waals surface area contributed by atoms with Crippen LogP contribution in [0.2, 0.25) is 0 Å². The van der Waals surface area contributed by atoms with Crippen LogP contribution in [-0.2, 0) is 17.8 Å². The molecular formula is C18H21NO3S. The van der Waals surface area contributed by atoms with Gasteiger partial charge < -0.3 is 9.84 Å². The summed E-state index contributed by atoms with van der Waals surface area (Å²) in [5.41, 5.74) is 2.07. The average Bonchev–Trinajstić information content (AvgIpc) is 2.52. The van der Waals surface area contributed by atoms with Crippen LogP contribution >= 0.6 is 11.8 Å². The Morgan fingerprint density at radius 1 is 1.26 bits per heavy atom. The fraction of sp³-hybridized carbons (Fsp3) is 0.333. The molecule has 0 bridgehead atoms. The van der Waals surface area contributed by atoms with Crippen molar-refractivity contribution in [3.8, 4) is 5.75 Å². The summed E-state index contributed by atoms with van der Waals surface area (Å²) in [5.74, 6) is -0.00879. The molecule has 0 amide bonds. The van der Waals surface area contributed by atoms with Crippen molar-refractivity contribution in [3.05, 3.63) is 53.7 Å². The highest BCUT2D eigenvalue weighted by molar-refractivity contribution is 7.99. The van der Waals surface area contributed by atoms with Crippen LogP contribution in [0.3, 0.4) is 0 Å². The molecule has 0 radical (unpaired) electrons. The lowest BCUT2D eigenvalue weighted by Gasteiger charge is -2.11. The van der Waals surface area contributed by atoms with Crippen molar-refractivity contribution in [3.63, 3.8) is 0 Å². The van der Waals surface area contributed by atoms with Crippen LogP contribution in [-0.4, -0.2) is 21.3 Å². The quantitative estimate of drug-likeness (QED) is 0.735. The van der Waals surface area contributed by atoms with Gasteiger partial charge in [0, 0.05) is 23.4 Å². The Balaban J connectivity index is 1.94. The second-order valence-corrected chi connectivity index (χ2v) is 7.03. The molecule has 23 heavy (non-hydrogen) atoms. The molecular weight excluding hydrogens is 310 g/mol. The zero-order valence-electron chi connectivity index (χ0n) is 13.4. The Morgan fingerprint density at radius 3 is 2.65 bits per heavy atom. The van der Waals surface area contributed by atoms with Crippen LogP contribution in [0.5, 0.6) is 5.75 Å². The highest BCUT2D eigenvalue weighted by Gasteiger charge is 2.07. The Labute approximate surface area is 140 Å². The lowest BCUT2D eigenvalue weighted by molar-refractivity contribution is -0.136. The van der Waals surface area contributed by atoms with Crippen LogP contribution in [0, 0.1) is 0 Å². The number of rotatable bonds is 8. The fourth-order valence-electron chi connectivity index (χ4n) is 2.03. The minimum atomic E-state index is -0.780. The van der Waals surface area contributed by atoms with Gasteiger partial charge in [-0.3, -0.25) is 4.79 Å². The molecule has 0 atom stereocenters. The van der Waals surface area contributed by atoms with Gasteiger partial charge in [0.2, 0.25) is 0 Å². The van der Waals surface area contributed by atoms with Gasteiger partial charge in [-0.05, 0) is 30.2 Å². The molecule has 0 saturated carbocycles. The number of pyridine rings is 1. The molecule has 1 aromatic carbocycles. The van der Waals surface area contributed by atoms with Gasteiger partial charge in [0.05, 0.1) is 0 Å². The van der Waals surface area contributed by atoms with Gasteiger partial charge >= 0.3 is 5.97 Å². The van der Waals surface area contributed by atoms with E-state index in [1.807, 2.05) is 36.4 Å². The van der Waals surface area contributed by atoms with Crippen LogP contribution in [0.15, 0.2) is 47.6 Å². The molecule has 2 rings (SSSR count). The zero-order valence-corrected chi connectivity index (χ0v) is 14.2. The van der Waals surface area contributed by atoms with Crippen molar-refractivity contribution in [1.29, 1.82) is 0 Å². The van der Waals surface area contributed by atoms with Crippen molar-refractivity contribution < 1.29 is 14.6 Å². The maximum atomic E-state index is 10.6. The third-order valence-corrected chi connectivity index (χ3v) is 4.20. The number of aromatic nitrogens is 1. The second kappa shape index (κ2) is 8.58. The number of aryl methyl sites for hydroxylation is 1. The summed E-state index contributed by atoms with van der Waals surface area (Å²) in [6.07, 6.45) is 2.48. The maximum absolute atomic E-state index is 10.6. The summed E-state index contributed by atoms with van der Waals surface area (Å²) in [4.78, 5) is 15.0. The van der Waals surface area contributed by atoms with Gasteiger partial charge in [0.15, 0.2) is 0 Å². The molecule has 0 aliphatic heterocycles. The number of carboxylic acid groups (broad SMARTS) is 1. The molecule has 1 aromatic heterocycles. The van der Waals surface area contributed by atoms with Crippen molar-refractivity contribution in [2.45, 2.75) is 43.6 Å². The zero-order chi connectivity index (χ0) is 16.7. The number of thioether (sulfide) groups is 1. The number of benzene rings is 1. The molecule has 0 spiro atoms. The summed E-state index contributed by atoms with van der Waals surface area (Å²) in [7, 11) is 0. The predicted octanol–water partition coefficient (Wildman–Crippen LogP) is 4.18. The molecule has 1 heterocycles. The third kappa shape index (κ3) is 5.94. The topological polar surface area (TPSA) is 59.4 Å². The largest absolute Gasteiger partial charge is 0.489 e. The molecule has 0 unspecified atom stereocenters. The van der Waals surface area contributed by atoms with Crippen molar-refractivity contribution >= 4 is 17.7 Å². The molecule has 0 saturated heterocycles. The van der Waals surface area contributed by atoms with Crippen molar-refractivity contribution in [1.82, 2.24) is 4.98 Å². The summed E-state index contributed by atoms with van der Waals surface area (Å²) in [6, 6.07) is 11.5. The van der Waals surface area contributed by atoms with E-state index >= 15 is 0 Å². The number of carboxylic acids is 1. The monoisotopic (exact) mass is 331 g/mol. The molecule has 0 aliphatic rings. The number of carbonyl (C=O) groups is 1. The number of aliphatic carboxylic acids is 1. The van der Waals surface area contributed by atoms with E-state index in [9.17, 15) is 4.79 Å². The summed E-state index contributed by atoms with van der Waals surface area (Å²) in [5, 5.41) is 10.2. The Kier molecular flexibility index (Phi) is 6.47. The van der Waals surface area contributed by atoms with E-state index in [2.05, 4.69) is 18.8 Å². The van der Waals surface area contributed by atoms with Gasteiger partial charge in [0.1, 0.15) is 17.4 Å². The Bertz CT molecular complexity index is 641. The van der Waals surface area contributed by atoms with Crippen LogP contribution in [0.1, 0.15) is 31.4 Å². The second-order valence-electron chi connectivity index (χ2n) is 5.46. The summed E-state index contributed by atoms with van der Waals surface area (Å²) in [6.45, 7) is 4.75. The van der Waals surface area contributed by atoms with Crippen LogP contribution < -0.4 is 4.74 Å². The molecule has 122 valence electrons. The van der Waals surface area contributed by atoms with Gasteiger partial charge in [-0.15, -0.1) is 11.8 Å². The maximum Gasteiger partial charge on any atom is 0.303 e. The normalized spacial score (nSPS) is 10.7. The van der Waals surface area contributed by atoms with E-state index in [0.29, 0.717) is 18.3 Å². The molecule has 0 fully saturated rings. The SMILES string of the molecule is CC(C)Sc1ncccc1COc1ccc(CCC(=O)O)cc1.